The molecule has 136 valence electrons. The number of hydrogen-bond acceptors (Lipinski definition) is 5. The van der Waals surface area contributed by atoms with Gasteiger partial charge in [0, 0.05) is 23.5 Å². The molecule has 0 spiro atoms. The van der Waals surface area contributed by atoms with E-state index in [0.717, 1.165) is 5.39 Å². The summed E-state index contributed by atoms with van der Waals surface area (Å²) in [6.07, 6.45) is 0.990. The van der Waals surface area contributed by atoms with Crippen LogP contribution in [-0.2, 0) is 0 Å². The summed E-state index contributed by atoms with van der Waals surface area (Å²) in [4.78, 5) is 14.4. The number of aromatic nitrogens is 1. The van der Waals surface area contributed by atoms with Crippen LogP contribution in [-0.4, -0.2) is 41.5 Å². The third-order valence-electron chi connectivity index (χ3n) is 3.47. The molecule has 0 saturated heterocycles. The van der Waals surface area contributed by atoms with E-state index in [1.54, 1.807) is 24.3 Å². The summed E-state index contributed by atoms with van der Waals surface area (Å²) in [5.74, 6) is 1.13. The van der Waals surface area contributed by atoms with E-state index in [9.17, 15) is 9.90 Å². The summed E-state index contributed by atoms with van der Waals surface area (Å²) in [6, 6.07) is 6.62. The fraction of sp³-hybridized carbons (Fsp3) is 0.421. The van der Waals surface area contributed by atoms with E-state index in [0.29, 0.717) is 30.2 Å². The van der Waals surface area contributed by atoms with Gasteiger partial charge in [0.25, 0.3) is 0 Å². The Hall–Kier alpha value is -2.31. The SMILES string of the molecule is C=CCOc1ccc(OCC(O)CNC(C)(C)C)c2ccc(=O)[nH]c12. The molecule has 3 N–H and O–H groups in total. The minimum Gasteiger partial charge on any atom is -0.490 e. The standard InChI is InChI=1S/C19H26N2O4/c1-5-10-24-16-8-7-15(14-6-9-17(23)21-18(14)16)25-12-13(22)11-20-19(2,3)4/h5-9,13,20,22H,1,10-12H2,2-4H3,(H,21,23). The number of hydrogen-bond donors (Lipinski definition) is 3. The highest BCUT2D eigenvalue weighted by atomic mass is 16.5. The molecule has 0 aliphatic heterocycles. The molecule has 1 heterocycles. The van der Waals surface area contributed by atoms with Crippen LogP contribution in [0.2, 0.25) is 0 Å². The number of H-pyrrole nitrogens is 1. The zero-order valence-corrected chi connectivity index (χ0v) is 15.0. The lowest BCUT2D eigenvalue weighted by Crippen LogP contribution is -2.42. The van der Waals surface area contributed by atoms with Gasteiger partial charge in [0.1, 0.15) is 30.8 Å². The molecule has 0 bridgehead atoms. The Morgan fingerprint density at radius 2 is 1.96 bits per heavy atom. The summed E-state index contributed by atoms with van der Waals surface area (Å²) in [6.45, 7) is 10.6. The molecule has 25 heavy (non-hydrogen) atoms. The van der Waals surface area contributed by atoms with E-state index in [1.807, 2.05) is 20.8 Å². The maximum absolute atomic E-state index is 11.6. The van der Waals surface area contributed by atoms with Crippen LogP contribution in [0.15, 0.2) is 41.7 Å². The smallest absolute Gasteiger partial charge is 0.248 e. The van der Waals surface area contributed by atoms with Crippen molar-refractivity contribution in [2.45, 2.75) is 32.4 Å². The highest BCUT2D eigenvalue weighted by Crippen LogP contribution is 2.31. The number of ether oxygens (including phenoxy) is 2. The van der Waals surface area contributed by atoms with Gasteiger partial charge in [-0.1, -0.05) is 12.7 Å². The minimum atomic E-state index is -0.645. The molecule has 0 aliphatic rings. The van der Waals surface area contributed by atoms with Gasteiger partial charge in [-0.05, 0) is 39.0 Å². The topological polar surface area (TPSA) is 83.6 Å². The Labute approximate surface area is 147 Å². The molecular formula is C19H26N2O4. The number of rotatable bonds is 8. The second kappa shape index (κ2) is 8.18. The molecule has 1 aromatic heterocycles. The monoisotopic (exact) mass is 346 g/mol. The molecule has 0 fully saturated rings. The first-order chi connectivity index (χ1) is 11.8. The second-order valence-electron chi connectivity index (χ2n) is 6.87. The lowest BCUT2D eigenvalue weighted by molar-refractivity contribution is 0.101. The first-order valence-corrected chi connectivity index (χ1v) is 8.26. The van der Waals surface area contributed by atoms with Crippen LogP contribution < -0.4 is 20.3 Å². The summed E-state index contributed by atoms with van der Waals surface area (Å²) in [5.41, 5.74) is 0.272. The van der Waals surface area contributed by atoms with Crippen LogP contribution in [0.3, 0.4) is 0 Å². The number of aliphatic hydroxyl groups excluding tert-OH is 1. The Bertz CT molecular complexity index is 777. The van der Waals surface area contributed by atoms with Gasteiger partial charge in [0.2, 0.25) is 5.56 Å². The molecular weight excluding hydrogens is 320 g/mol. The molecule has 6 nitrogen and oxygen atoms in total. The van der Waals surface area contributed by atoms with Crippen molar-refractivity contribution in [2.24, 2.45) is 0 Å². The summed E-state index contributed by atoms with van der Waals surface area (Å²) in [5, 5.41) is 14.0. The lowest BCUT2D eigenvalue weighted by atomic mass is 10.1. The normalized spacial score (nSPS) is 12.8. The number of fused-ring (bicyclic) bond motifs is 1. The maximum atomic E-state index is 11.6. The van der Waals surface area contributed by atoms with Crippen LogP contribution in [0.25, 0.3) is 10.9 Å². The number of benzene rings is 1. The number of pyridine rings is 1. The molecule has 1 aromatic carbocycles. The van der Waals surface area contributed by atoms with Crippen molar-refractivity contribution in [1.82, 2.24) is 10.3 Å². The van der Waals surface area contributed by atoms with Crippen molar-refractivity contribution in [1.29, 1.82) is 0 Å². The van der Waals surface area contributed by atoms with Crippen LogP contribution in [0.1, 0.15) is 20.8 Å². The third kappa shape index (κ3) is 5.62. The molecule has 1 atom stereocenters. The van der Waals surface area contributed by atoms with E-state index in [1.165, 1.54) is 6.07 Å². The van der Waals surface area contributed by atoms with Crippen LogP contribution >= 0.6 is 0 Å². The quantitative estimate of drug-likeness (QED) is 0.639. The first-order valence-electron chi connectivity index (χ1n) is 8.26. The Morgan fingerprint density at radius 1 is 1.24 bits per heavy atom. The van der Waals surface area contributed by atoms with Gasteiger partial charge < -0.3 is 24.9 Å². The van der Waals surface area contributed by atoms with Gasteiger partial charge >= 0.3 is 0 Å². The van der Waals surface area contributed by atoms with Gasteiger partial charge in [-0.2, -0.15) is 0 Å². The van der Waals surface area contributed by atoms with Crippen LogP contribution in [0, 0.1) is 0 Å². The summed E-state index contributed by atoms with van der Waals surface area (Å²) >= 11 is 0. The molecule has 6 heteroatoms. The highest BCUT2D eigenvalue weighted by Gasteiger charge is 2.14. The van der Waals surface area contributed by atoms with E-state index in [-0.39, 0.29) is 17.7 Å². The lowest BCUT2D eigenvalue weighted by Gasteiger charge is -2.23. The zero-order chi connectivity index (χ0) is 18.4. The van der Waals surface area contributed by atoms with Crippen molar-refractivity contribution < 1.29 is 14.6 Å². The molecule has 2 rings (SSSR count). The fourth-order valence-corrected chi connectivity index (χ4v) is 2.26. The molecule has 0 radical (unpaired) electrons. The van der Waals surface area contributed by atoms with E-state index in [2.05, 4.69) is 16.9 Å². The maximum Gasteiger partial charge on any atom is 0.248 e. The molecule has 2 aromatic rings. The molecule has 0 saturated carbocycles. The van der Waals surface area contributed by atoms with Crippen molar-refractivity contribution in [3.05, 3.63) is 47.3 Å². The third-order valence-corrected chi connectivity index (χ3v) is 3.47. The van der Waals surface area contributed by atoms with Crippen molar-refractivity contribution in [3.63, 3.8) is 0 Å². The molecule has 0 amide bonds. The van der Waals surface area contributed by atoms with Crippen molar-refractivity contribution >= 4 is 10.9 Å². The average Bonchev–Trinajstić information content (AvgIpc) is 2.55. The first kappa shape index (κ1) is 19.0. The fourth-order valence-electron chi connectivity index (χ4n) is 2.26. The predicted molar refractivity (Wildman–Crippen MR) is 99.5 cm³/mol. The summed E-state index contributed by atoms with van der Waals surface area (Å²) < 4.78 is 11.3. The number of aliphatic hydroxyl groups is 1. The largest absolute Gasteiger partial charge is 0.490 e. The number of β-amino-alcohol motifs (C(OH)–C–C–N with tert-alkyl or cyclic N) is 1. The average molecular weight is 346 g/mol. The van der Waals surface area contributed by atoms with Gasteiger partial charge in [0.05, 0.1) is 5.52 Å². The Balaban J connectivity index is 2.16. The zero-order valence-electron chi connectivity index (χ0n) is 15.0. The van der Waals surface area contributed by atoms with Gasteiger partial charge in [-0.3, -0.25) is 4.79 Å². The van der Waals surface area contributed by atoms with E-state index >= 15 is 0 Å². The van der Waals surface area contributed by atoms with Gasteiger partial charge in [-0.25, -0.2) is 0 Å². The number of nitrogens with one attached hydrogen (secondary N) is 2. The second-order valence-corrected chi connectivity index (χ2v) is 6.87. The van der Waals surface area contributed by atoms with Crippen LogP contribution in [0.5, 0.6) is 11.5 Å². The predicted octanol–water partition coefficient (Wildman–Crippen LogP) is 2.22. The van der Waals surface area contributed by atoms with Gasteiger partial charge in [-0.15, -0.1) is 0 Å². The number of aromatic amines is 1. The van der Waals surface area contributed by atoms with Gasteiger partial charge in [0.15, 0.2) is 0 Å². The minimum absolute atomic E-state index is 0.0721. The van der Waals surface area contributed by atoms with E-state index < -0.39 is 6.10 Å². The van der Waals surface area contributed by atoms with Crippen molar-refractivity contribution in [2.75, 3.05) is 19.8 Å². The Kier molecular flexibility index (Phi) is 6.22. The molecule has 0 aliphatic carbocycles. The van der Waals surface area contributed by atoms with E-state index in [4.69, 9.17) is 9.47 Å². The molecule has 1 unspecified atom stereocenters. The highest BCUT2D eigenvalue weighted by molar-refractivity contribution is 5.89. The Morgan fingerprint density at radius 3 is 2.64 bits per heavy atom. The van der Waals surface area contributed by atoms with Crippen molar-refractivity contribution in [3.8, 4) is 11.5 Å². The summed E-state index contributed by atoms with van der Waals surface area (Å²) in [7, 11) is 0. The van der Waals surface area contributed by atoms with Crippen LogP contribution in [0.4, 0.5) is 0 Å².